The van der Waals surface area contributed by atoms with E-state index in [2.05, 4.69) is 17.4 Å². The fraction of sp³-hybridized carbons (Fsp3) is 0.500. The molecular weight excluding hydrogens is 244 g/mol. The molecule has 1 aliphatic heterocycles. The second-order valence-corrected chi connectivity index (χ2v) is 5.73. The maximum absolute atomic E-state index is 12.0. The standard InChI is InChI=1S/C14H20N2OS/c1-16(12-7-9-15-11-12)14(17)8-10-18-13-5-3-2-4-6-13/h2-6,12,15H,7-11H2,1H3. The first kappa shape index (κ1) is 13.4. The maximum atomic E-state index is 12.0. The van der Waals surface area contributed by atoms with Crippen molar-refractivity contribution < 1.29 is 4.79 Å². The van der Waals surface area contributed by atoms with Crippen molar-refractivity contribution in [1.29, 1.82) is 0 Å². The highest BCUT2D eigenvalue weighted by Crippen LogP contribution is 2.18. The summed E-state index contributed by atoms with van der Waals surface area (Å²) >= 11 is 1.75. The fourth-order valence-electron chi connectivity index (χ4n) is 2.12. The van der Waals surface area contributed by atoms with Gasteiger partial charge in [0.25, 0.3) is 0 Å². The van der Waals surface area contributed by atoms with Gasteiger partial charge in [-0.2, -0.15) is 0 Å². The van der Waals surface area contributed by atoms with E-state index in [1.54, 1.807) is 11.8 Å². The number of nitrogens with zero attached hydrogens (tertiary/aromatic N) is 1. The third-order valence-electron chi connectivity index (χ3n) is 3.30. The first-order valence-corrected chi connectivity index (χ1v) is 7.40. The molecule has 2 rings (SSSR count). The van der Waals surface area contributed by atoms with Gasteiger partial charge < -0.3 is 10.2 Å². The van der Waals surface area contributed by atoms with Crippen LogP contribution in [-0.4, -0.2) is 42.7 Å². The molecule has 1 fully saturated rings. The summed E-state index contributed by atoms with van der Waals surface area (Å²) in [5, 5.41) is 3.29. The first-order chi connectivity index (χ1) is 8.77. The zero-order valence-corrected chi connectivity index (χ0v) is 11.6. The smallest absolute Gasteiger partial charge is 0.223 e. The van der Waals surface area contributed by atoms with Gasteiger partial charge in [-0.05, 0) is 25.1 Å². The Morgan fingerprint density at radius 1 is 1.44 bits per heavy atom. The van der Waals surface area contributed by atoms with E-state index in [0.29, 0.717) is 12.5 Å². The lowest BCUT2D eigenvalue weighted by Gasteiger charge is -2.23. The molecule has 98 valence electrons. The number of carbonyl (C=O) groups is 1. The topological polar surface area (TPSA) is 32.3 Å². The van der Waals surface area contributed by atoms with Crippen LogP contribution in [0.15, 0.2) is 35.2 Å². The number of rotatable bonds is 5. The molecule has 0 radical (unpaired) electrons. The molecule has 1 atom stereocenters. The second kappa shape index (κ2) is 6.81. The Labute approximate surface area is 113 Å². The Kier molecular flexibility index (Phi) is 5.08. The van der Waals surface area contributed by atoms with E-state index in [-0.39, 0.29) is 5.91 Å². The predicted octanol–water partition coefficient (Wildman–Crippen LogP) is 1.99. The monoisotopic (exact) mass is 264 g/mol. The summed E-state index contributed by atoms with van der Waals surface area (Å²) in [7, 11) is 1.92. The molecule has 1 N–H and O–H groups in total. The number of amides is 1. The van der Waals surface area contributed by atoms with Crippen LogP contribution in [0.4, 0.5) is 0 Å². The van der Waals surface area contributed by atoms with Gasteiger partial charge in [0.15, 0.2) is 0 Å². The number of carbonyl (C=O) groups excluding carboxylic acids is 1. The highest BCUT2D eigenvalue weighted by molar-refractivity contribution is 7.99. The van der Waals surface area contributed by atoms with Crippen molar-refractivity contribution in [3.8, 4) is 0 Å². The van der Waals surface area contributed by atoms with Gasteiger partial charge in [0.1, 0.15) is 0 Å². The quantitative estimate of drug-likeness (QED) is 0.826. The lowest BCUT2D eigenvalue weighted by Crippen LogP contribution is -2.38. The van der Waals surface area contributed by atoms with Gasteiger partial charge in [0.2, 0.25) is 5.91 Å². The molecule has 4 heteroatoms. The zero-order valence-electron chi connectivity index (χ0n) is 10.8. The molecule has 1 aliphatic rings. The van der Waals surface area contributed by atoms with Gasteiger partial charge in [0, 0.05) is 36.7 Å². The van der Waals surface area contributed by atoms with Crippen LogP contribution in [0.3, 0.4) is 0 Å². The SMILES string of the molecule is CN(C(=O)CCSc1ccccc1)C1CCNC1. The summed E-state index contributed by atoms with van der Waals surface area (Å²) in [4.78, 5) is 15.1. The zero-order chi connectivity index (χ0) is 12.8. The Balaban J connectivity index is 1.71. The molecule has 1 amide bonds. The summed E-state index contributed by atoms with van der Waals surface area (Å²) < 4.78 is 0. The van der Waals surface area contributed by atoms with Gasteiger partial charge in [0.05, 0.1) is 0 Å². The van der Waals surface area contributed by atoms with Crippen molar-refractivity contribution in [3.05, 3.63) is 30.3 Å². The average molecular weight is 264 g/mol. The molecule has 1 unspecified atom stereocenters. The molecule has 1 heterocycles. The molecule has 0 bridgehead atoms. The minimum absolute atomic E-state index is 0.257. The number of hydrogen-bond acceptors (Lipinski definition) is 3. The van der Waals surface area contributed by atoms with Crippen molar-refractivity contribution in [3.63, 3.8) is 0 Å². The third kappa shape index (κ3) is 3.75. The summed E-state index contributed by atoms with van der Waals surface area (Å²) in [6.45, 7) is 1.97. The van der Waals surface area contributed by atoms with Crippen molar-refractivity contribution in [2.24, 2.45) is 0 Å². The van der Waals surface area contributed by atoms with E-state index in [1.165, 1.54) is 4.90 Å². The van der Waals surface area contributed by atoms with Gasteiger partial charge in [-0.1, -0.05) is 18.2 Å². The average Bonchev–Trinajstić information content (AvgIpc) is 2.93. The van der Waals surface area contributed by atoms with Crippen LogP contribution in [0.5, 0.6) is 0 Å². The molecule has 0 aliphatic carbocycles. The van der Waals surface area contributed by atoms with Crippen LogP contribution in [-0.2, 0) is 4.79 Å². The lowest BCUT2D eigenvalue weighted by molar-refractivity contribution is -0.131. The lowest BCUT2D eigenvalue weighted by atomic mass is 10.2. The number of benzene rings is 1. The predicted molar refractivity (Wildman–Crippen MR) is 75.8 cm³/mol. The largest absolute Gasteiger partial charge is 0.341 e. The van der Waals surface area contributed by atoms with Crippen LogP contribution in [0.1, 0.15) is 12.8 Å². The molecule has 1 saturated heterocycles. The highest BCUT2D eigenvalue weighted by Gasteiger charge is 2.22. The van der Waals surface area contributed by atoms with Crippen LogP contribution in [0.2, 0.25) is 0 Å². The molecule has 3 nitrogen and oxygen atoms in total. The second-order valence-electron chi connectivity index (χ2n) is 4.56. The number of thioether (sulfide) groups is 1. The first-order valence-electron chi connectivity index (χ1n) is 6.41. The van der Waals surface area contributed by atoms with Gasteiger partial charge in [-0.15, -0.1) is 11.8 Å². The summed E-state index contributed by atoms with van der Waals surface area (Å²) in [6, 6.07) is 10.6. The normalized spacial score (nSPS) is 18.8. The van der Waals surface area contributed by atoms with E-state index >= 15 is 0 Å². The Hall–Kier alpha value is -1.00. The van der Waals surface area contributed by atoms with Crippen molar-refractivity contribution >= 4 is 17.7 Å². The Morgan fingerprint density at radius 3 is 2.89 bits per heavy atom. The van der Waals surface area contributed by atoms with Gasteiger partial charge in [-0.25, -0.2) is 0 Å². The van der Waals surface area contributed by atoms with E-state index in [4.69, 9.17) is 0 Å². The minimum atomic E-state index is 0.257. The molecule has 0 aromatic heterocycles. The van der Waals surface area contributed by atoms with E-state index < -0.39 is 0 Å². The van der Waals surface area contributed by atoms with Crippen molar-refractivity contribution in [1.82, 2.24) is 10.2 Å². The van der Waals surface area contributed by atoms with E-state index in [0.717, 1.165) is 25.3 Å². The maximum Gasteiger partial charge on any atom is 0.223 e. The summed E-state index contributed by atoms with van der Waals surface area (Å²) in [5.41, 5.74) is 0. The molecule has 0 spiro atoms. The third-order valence-corrected chi connectivity index (χ3v) is 4.32. The number of hydrogen-bond donors (Lipinski definition) is 1. The summed E-state index contributed by atoms with van der Waals surface area (Å²) in [6.07, 6.45) is 1.70. The van der Waals surface area contributed by atoms with Crippen molar-refractivity contribution in [2.45, 2.75) is 23.8 Å². The van der Waals surface area contributed by atoms with Gasteiger partial charge in [-0.3, -0.25) is 4.79 Å². The van der Waals surface area contributed by atoms with Gasteiger partial charge >= 0.3 is 0 Å². The van der Waals surface area contributed by atoms with Crippen LogP contribution < -0.4 is 5.32 Å². The summed E-state index contributed by atoms with van der Waals surface area (Å²) in [5.74, 6) is 1.11. The molecule has 1 aromatic carbocycles. The highest BCUT2D eigenvalue weighted by atomic mass is 32.2. The molecule has 1 aromatic rings. The number of likely N-dealkylation sites (N-methyl/N-ethyl adjacent to an activating group) is 1. The Bertz CT molecular complexity index is 377. The number of nitrogens with one attached hydrogen (secondary N) is 1. The van der Waals surface area contributed by atoms with Crippen LogP contribution >= 0.6 is 11.8 Å². The molecular formula is C14H20N2OS. The fourth-order valence-corrected chi connectivity index (χ4v) is 2.98. The molecule has 0 saturated carbocycles. The van der Waals surface area contributed by atoms with Crippen LogP contribution in [0, 0.1) is 0 Å². The minimum Gasteiger partial charge on any atom is -0.341 e. The van der Waals surface area contributed by atoms with E-state index in [9.17, 15) is 4.79 Å². The Morgan fingerprint density at radius 2 is 2.22 bits per heavy atom. The molecule has 18 heavy (non-hydrogen) atoms. The van der Waals surface area contributed by atoms with Crippen LogP contribution in [0.25, 0.3) is 0 Å². The van der Waals surface area contributed by atoms with E-state index in [1.807, 2.05) is 30.1 Å². The van der Waals surface area contributed by atoms with Crippen molar-refractivity contribution in [2.75, 3.05) is 25.9 Å².